The van der Waals surface area contributed by atoms with Gasteiger partial charge in [0.15, 0.2) is 0 Å². The maximum atomic E-state index is 11.8. The van der Waals surface area contributed by atoms with Gasteiger partial charge in [-0.2, -0.15) is 0 Å². The maximum Gasteiger partial charge on any atom is 0.354 e. The van der Waals surface area contributed by atoms with Gasteiger partial charge in [-0.25, -0.2) is 9.59 Å². The third kappa shape index (κ3) is 2.76. The lowest BCUT2D eigenvalue weighted by atomic mass is 9.97. The van der Waals surface area contributed by atoms with Crippen LogP contribution in [0.5, 0.6) is 0 Å². The van der Waals surface area contributed by atoms with E-state index in [2.05, 4.69) is 10.6 Å². The number of esters is 1. The van der Waals surface area contributed by atoms with E-state index in [0.29, 0.717) is 0 Å². The predicted molar refractivity (Wildman–Crippen MR) is 70.2 cm³/mol. The van der Waals surface area contributed by atoms with Crippen LogP contribution in [0, 0.1) is 0 Å². The van der Waals surface area contributed by atoms with Crippen LogP contribution in [0.2, 0.25) is 0 Å². The summed E-state index contributed by atoms with van der Waals surface area (Å²) >= 11 is 0. The summed E-state index contributed by atoms with van der Waals surface area (Å²) in [5.74, 6) is -0.504. The van der Waals surface area contributed by atoms with Gasteiger partial charge in [-0.15, -0.1) is 0 Å². The van der Waals surface area contributed by atoms with Crippen LogP contribution >= 0.6 is 0 Å². The summed E-state index contributed by atoms with van der Waals surface area (Å²) < 4.78 is 4.94. The lowest BCUT2D eigenvalue weighted by Gasteiger charge is -2.27. The average Bonchev–Trinajstić information content (AvgIpc) is 2.42. The predicted octanol–water partition coefficient (Wildman–Crippen LogP) is 1.88. The summed E-state index contributed by atoms with van der Waals surface area (Å²) in [6, 6.07) is 8.78. The molecule has 2 amide bonds. The van der Waals surface area contributed by atoms with E-state index < -0.39 is 12.0 Å². The van der Waals surface area contributed by atoms with Crippen molar-refractivity contribution in [3.63, 3.8) is 0 Å². The van der Waals surface area contributed by atoms with Gasteiger partial charge in [0.25, 0.3) is 0 Å². The Hall–Kier alpha value is -2.30. The minimum absolute atomic E-state index is 0.222. The minimum atomic E-state index is -0.504. The monoisotopic (exact) mass is 260 g/mol. The van der Waals surface area contributed by atoms with Gasteiger partial charge in [-0.3, -0.25) is 0 Å². The van der Waals surface area contributed by atoms with Crippen molar-refractivity contribution in [2.75, 3.05) is 6.61 Å². The first kappa shape index (κ1) is 13.1. The highest BCUT2D eigenvalue weighted by Crippen LogP contribution is 2.26. The van der Waals surface area contributed by atoms with Crippen LogP contribution < -0.4 is 10.6 Å². The molecule has 2 rings (SSSR count). The van der Waals surface area contributed by atoms with Crippen LogP contribution in [0.1, 0.15) is 25.5 Å². The van der Waals surface area contributed by atoms with Crippen molar-refractivity contribution in [1.29, 1.82) is 0 Å². The van der Waals surface area contributed by atoms with Gasteiger partial charge < -0.3 is 15.4 Å². The lowest BCUT2D eigenvalue weighted by molar-refractivity contribution is -0.139. The smallest absolute Gasteiger partial charge is 0.354 e. The Morgan fingerprint density at radius 2 is 2.00 bits per heavy atom. The molecule has 0 aliphatic carbocycles. The third-order valence-corrected chi connectivity index (χ3v) is 2.95. The van der Waals surface area contributed by atoms with Crippen molar-refractivity contribution in [2.45, 2.75) is 19.9 Å². The Balaban J connectivity index is 2.36. The highest BCUT2D eigenvalue weighted by Gasteiger charge is 2.29. The van der Waals surface area contributed by atoms with Crippen molar-refractivity contribution in [3.8, 4) is 0 Å². The standard InChI is InChI=1S/C14H16N2O3/c1-3-19-13(17)12-9(2)11(15-14(18)16-12)10-7-5-4-6-8-10/h4-8,11H,3H2,1-2H3,(H2,15,16,18). The Kier molecular flexibility index (Phi) is 3.85. The first-order valence-electron chi connectivity index (χ1n) is 6.13. The maximum absolute atomic E-state index is 11.8. The third-order valence-electron chi connectivity index (χ3n) is 2.95. The van der Waals surface area contributed by atoms with E-state index in [1.54, 1.807) is 13.8 Å². The molecular formula is C14H16N2O3. The second kappa shape index (κ2) is 5.56. The molecule has 1 aliphatic heterocycles. The molecule has 1 heterocycles. The van der Waals surface area contributed by atoms with Crippen LogP contribution in [-0.4, -0.2) is 18.6 Å². The van der Waals surface area contributed by atoms with E-state index in [9.17, 15) is 9.59 Å². The SMILES string of the molecule is CCOC(=O)C1=C(C)C(c2ccccc2)NC(=O)N1. The summed E-state index contributed by atoms with van der Waals surface area (Å²) in [7, 11) is 0. The molecule has 1 atom stereocenters. The van der Waals surface area contributed by atoms with Crippen LogP contribution in [0.4, 0.5) is 4.79 Å². The van der Waals surface area contributed by atoms with Gasteiger partial charge in [0.1, 0.15) is 5.70 Å². The molecule has 0 radical (unpaired) electrons. The Bertz CT molecular complexity index is 523. The van der Waals surface area contributed by atoms with Crippen LogP contribution in [0.25, 0.3) is 0 Å². The fourth-order valence-electron chi connectivity index (χ4n) is 2.03. The van der Waals surface area contributed by atoms with E-state index in [1.807, 2.05) is 30.3 Å². The van der Waals surface area contributed by atoms with Crippen molar-refractivity contribution in [1.82, 2.24) is 10.6 Å². The van der Waals surface area contributed by atoms with Crippen molar-refractivity contribution < 1.29 is 14.3 Å². The normalized spacial score (nSPS) is 18.6. The van der Waals surface area contributed by atoms with Gasteiger partial charge in [-0.05, 0) is 25.0 Å². The molecule has 1 aliphatic rings. The number of hydrogen-bond donors (Lipinski definition) is 2. The molecule has 19 heavy (non-hydrogen) atoms. The number of benzene rings is 1. The quantitative estimate of drug-likeness (QED) is 0.815. The zero-order chi connectivity index (χ0) is 13.8. The molecule has 5 heteroatoms. The Labute approximate surface area is 111 Å². The number of amides is 2. The number of hydrogen-bond acceptors (Lipinski definition) is 3. The first-order chi connectivity index (χ1) is 9.13. The molecule has 5 nitrogen and oxygen atoms in total. The Morgan fingerprint density at radius 1 is 1.32 bits per heavy atom. The molecule has 0 aromatic heterocycles. The molecule has 0 saturated heterocycles. The molecule has 0 spiro atoms. The number of nitrogens with one attached hydrogen (secondary N) is 2. The van der Waals surface area contributed by atoms with E-state index >= 15 is 0 Å². The fourth-order valence-corrected chi connectivity index (χ4v) is 2.03. The minimum Gasteiger partial charge on any atom is -0.461 e. The molecule has 0 fully saturated rings. The van der Waals surface area contributed by atoms with Crippen LogP contribution in [0.3, 0.4) is 0 Å². The van der Waals surface area contributed by atoms with Crippen LogP contribution in [0.15, 0.2) is 41.6 Å². The van der Waals surface area contributed by atoms with E-state index in [0.717, 1.165) is 11.1 Å². The average molecular weight is 260 g/mol. The number of urea groups is 1. The molecule has 2 N–H and O–H groups in total. The molecule has 1 unspecified atom stereocenters. The summed E-state index contributed by atoms with van der Waals surface area (Å²) in [6.45, 7) is 3.80. The second-order valence-corrected chi connectivity index (χ2v) is 4.22. The summed E-state index contributed by atoms with van der Waals surface area (Å²) in [5, 5.41) is 5.30. The fraction of sp³-hybridized carbons (Fsp3) is 0.286. The number of ether oxygens (including phenoxy) is 1. The van der Waals surface area contributed by atoms with Gasteiger partial charge in [-0.1, -0.05) is 30.3 Å². The van der Waals surface area contributed by atoms with Crippen molar-refractivity contribution >= 4 is 12.0 Å². The number of rotatable bonds is 3. The van der Waals surface area contributed by atoms with E-state index in [4.69, 9.17) is 4.74 Å². The number of carbonyl (C=O) groups excluding carboxylic acids is 2. The topological polar surface area (TPSA) is 67.4 Å². The zero-order valence-electron chi connectivity index (χ0n) is 10.9. The molecule has 1 aromatic carbocycles. The van der Waals surface area contributed by atoms with Gasteiger partial charge in [0.05, 0.1) is 12.6 Å². The van der Waals surface area contributed by atoms with Gasteiger partial charge in [0, 0.05) is 0 Å². The van der Waals surface area contributed by atoms with Gasteiger partial charge >= 0.3 is 12.0 Å². The molecule has 0 saturated carbocycles. The molecule has 100 valence electrons. The summed E-state index contributed by atoms with van der Waals surface area (Å²) in [6.07, 6.45) is 0. The number of carbonyl (C=O) groups is 2. The molecule has 0 bridgehead atoms. The lowest BCUT2D eigenvalue weighted by Crippen LogP contribution is -2.45. The van der Waals surface area contributed by atoms with Crippen molar-refractivity contribution in [2.24, 2.45) is 0 Å². The van der Waals surface area contributed by atoms with Crippen molar-refractivity contribution in [3.05, 3.63) is 47.2 Å². The van der Waals surface area contributed by atoms with E-state index in [-0.39, 0.29) is 18.3 Å². The van der Waals surface area contributed by atoms with Crippen LogP contribution in [-0.2, 0) is 9.53 Å². The molecule has 1 aromatic rings. The van der Waals surface area contributed by atoms with E-state index in [1.165, 1.54) is 0 Å². The molecular weight excluding hydrogens is 244 g/mol. The summed E-state index contributed by atoms with van der Waals surface area (Å²) in [4.78, 5) is 23.5. The first-order valence-corrected chi connectivity index (χ1v) is 6.13. The second-order valence-electron chi connectivity index (χ2n) is 4.22. The Morgan fingerprint density at radius 3 is 2.63 bits per heavy atom. The highest BCUT2D eigenvalue weighted by atomic mass is 16.5. The summed E-state index contributed by atoms with van der Waals surface area (Å²) in [5.41, 5.74) is 1.89. The largest absolute Gasteiger partial charge is 0.461 e. The zero-order valence-corrected chi connectivity index (χ0v) is 10.9. The van der Waals surface area contributed by atoms with Gasteiger partial charge in [0.2, 0.25) is 0 Å². The highest BCUT2D eigenvalue weighted by molar-refractivity contribution is 5.96.